The maximum atomic E-state index is 12.1. The third-order valence-electron chi connectivity index (χ3n) is 3.71. The van der Waals surface area contributed by atoms with Crippen LogP contribution in [0.25, 0.3) is 0 Å². The van der Waals surface area contributed by atoms with Crippen molar-refractivity contribution < 1.29 is 14.3 Å². The Balaban J connectivity index is 1.75. The van der Waals surface area contributed by atoms with Crippen LogP contribution in [0.4, 0.5) is 0 Å². The third kappa shape index (κ3) is 5.80. The van der Waals surface area contributed by atoms with Crippen LogP contribution in [0.3, 0.4) is 0 Å². The van der Waals surface area contributed by atoms with Crippen LogP contribution in [-0.2, 0) is 4.79 Å². The molecule has 0 spiro atoms. The molecule has 0 saturated heterocycles. The summed E-state index contributed by atoms with van der Waals surface area (Å²) in [6.07, 6.45) is 0. The summed E-state index contributed by atoms with van der Waals surface area (Å²) >= 11 is 5.88. The highest BCUT2D eigenvalue weighted by Crippen LogP contribution is 2.16. The van der Waals surface area contributed by atoms with Crippen molar-refractivity contribution in [2.24, 2.45) is 0 Å². The first-order valence-corrected chi connectivity index (χ1v) is 8.31. The molecule has 0 aromatic heterocycles. The molecule has 0 saturated carbocycles. The van der Waals surface area contributed by atoms with Gasteiger partial charge in [-0.15, -0.1) is 0 Å². The number of nitrogens with one attached hydrogen (secondary N) is 1. The lowest BCUT2D eigenvalue weighted by atomic mass is 10.1. The zero-order chi connectivity index (χ0) is 18.2. The SMILES string of the molecule is Cc1ccccc1C(=O)NCC(=O)N(C)CCOc1cccc(Cl)c1. The van der Waals surface area contributed by atoms with Crippen molar-refractivity contribution >= 4 is 23.4 Å². The van der Waals surface area contributed by atoms with Gasteiger partial charge in [-0.05, 0) is 36.8 Å². The van der Waals surface area contributed by atoms with Gasteiger partial charge in [0.1, 0.15) is 12.4 Å². The molecule has 0 aliphatic carbocycles. The number of aryl methyl sites for hydroxylation is 1. The molecular weight excluding hydrogens is 340 g/mol. The van der Waals surface area contributed by atoms with Gasteiger partial charge in [0.15, 0.2) is 0 Å². The minimum Gasteiger partial charge on any atom is -0.492 e. The zero-order valence-corrected chi connectivity index (χ0v) is 15.0. The lowest BCUT2D eigenvalue weighted by Gasteiger charge is -2.18. The molecule has 6 heteroatoms. The molecule has 1 N–H and O–H groups in total. The Kier molecular flexibility index (Phi) is 6.83. The Morgan fingerprint density at radius 3 is 2.64 bits per heavy atom. The topological polar surface area (TPSA) is 58.6 Å². The molecule has 0 bridgehead atoms. The first-order chi connectivity index (χ1) is 12.0. The number of ether oxygens (including phenoxy) is 1. The van der Waals surface area contributed by atoms with Crippen molar-refractivity contribution in [1.82, 2.24) is 10.2 Å². The Morgan fingerprint density at radius 2 is 1.92 bits per heavy atom. The predicted molar refractivity (Wildman–Crippen MR) is 98.1 cm³/mol. The first kappa shape index (κ1) is 18.8. The zero-order valence-electron chi connectivity index (χ0n) is 14.3. The van der Waals surface area contributed by atoms with E-state index in [2.05, 4.69) is 5.32 Å². The molecule has 132 valence electrons. The summed E-state index contributed by atoms with van der Waals surface area (Å²) in [5, 5.41) is 3.25. The fourth-order valence-electron chi connectivity index (χ4n) is 2.20. The number of likely N-dealkylation sites (N-methyl/N-ethyl adjacent to an activating group) is 1. The average molecular weight is 361 g/mol. The first-order valence-electron chi connectivity index (χ1n) is 7.93. The molecule has 25 heavy (non-hydrogen) atoms. The highest BCUT2D eigenvalue weighted by molar-refractivity contribution is 6.30. The predicted octanol–water partition coefficient (Wildman–Crippen LogP) is 2.92. The summed E-state index contributed by atoms with van der Waals surface area (Å²) < 4.78 is 5.55. The number of carbonyl (C=O) groups excluding carboxylic acids is 2. The minimum absolute atomic E-state index is 0.0547. The number of nitrogens with zero attached hydrogens (tertiary/aromatic N) is 1. The Bertz CT molecular complexity index is 749. The highest BCUT2D eigenvalue weighted by Gasteiger charge is 2.13. The normalized spacial score (nSPS) is 10.2. The second-order valence-corrected chi connectivity index (χ2v) is 6.06. The molecule has 0 unspecified atom stereocenters. The molecule has 0 radical (unpaired) electrons. The van der Waals surface area contributed by atoms with Gasteiger partial charge in [-0.2, -0.15) is 0 Å². The van der Waals surface area contributed by atoms with Crippen LogP contribution >= 0.6 is 11.6 Å². The summed E-state index contributed by atoms with van der Waals surface area (Å²) in [6.45, 7) is 2.55. The Morgan fingerprint density at radius 1 is 1.16 bits per heavy atom. The lowest BCUT2D eigenvalue weighted by molar-refractivity contribution is -0.129. The molecule has 2 amide bonds. The van der Waals surface area contributed by atoms with E-state index >= 15 is 0 Å². The van der Waals surface area contributed by atoms with Gasteiger partial charge in [-0.3, -0.25) is 9.59 Å². The van der Waals surface area contributed by atoms with E-state index in [9.17, 15) is 9.59 Å². The number of benzene rings is 2. The summed E-state index contributed by atoms with van der Waals surface area (Å²) in [6, 6.07) is 14.3. The van der Waals surface area contributed by atoms with E-state index in [0.29, 0.717) is 29.5 Å². The van der Waals surface area contributed by atoms with E-state index in [-0.39, 0.29) is 18.4 Å². The molecule has 0 aliphatic rings. The van der Waals surface area contributed by atoms with Crippen molar-refractivity contribution in [3.63, 3.8) is 0 Å². The minimum atomic E-state index is -0.255. The number of carbonyl (C=O) groups is 2. The van der Waals surface area contributed by atoms with Gasteiger partial charge in [0, 0.05) is 17.6 Å². The maximum Gasteiger partial charge on any atom is 0.251 e. The number of hydrogen-bond donors (Lipinski definition) is 1. The van der Waals surface area contributed by atoms with Crippen molar-refractivity contribution in [3.05, 3.63) is 64.7 Å². The average Bonchev–Trinajstić information content (AvgIpc) is 2.59. The van der Waals surface area contributed by atoms with Crippen molar-refractivity contribution in [2.75, 3.05) is 26.7 Å². The van der Waals surface area contributed by atoms with E-state index in [0.717, 1.165) is 5.56 Å². The quantitative estimate of drug-likeness (QED) is 0.826. The fraction of sp³-hybridized carbons (Fsp3) is 0.263. The number of amides is 2. The summed E-state index contributed by atoms with van der Waals surface area (Å²) in [7, 11) is 1.67. The van der Waals surface area contributed by atoms with Crippen molar-refractivity contribution in [2.45, 2.75) is 6.92 Å². The third-order valence-corrected chi connectivity index (χ3v) is 3.94. The van der Waals surface area contributed by atoms with Crippen LogP contribution in [-0.4, -0.2) is 43.5 Å². The van der Waals surface area contributed by atoms with E-state index in [1.807, 2.05) is 19.1 Å². The van der Waals surface area contributed by atoms with Crippen LogP contribution < -0.4 is 10.1 Å². The van der Waals surface area contributed by atoms with Crippen molar-refractivity contribution in [1.29, 1.82) is 0 Å². The van der Waals surface area contributed by atoms with E-state index < -0.39 is 0 Å². The standard InChI is InChI=1S/C19H21ClN2O3/c1-14-6-3-4-9-17(14)19(24)21-13-18(23)22(2)10-11-25-16-8-5-7-15(20)12-16/h3-9,12H,10-11,13H2,1-2H3,(H,21,24). The summed E-state index contributed by atoms with van der Waals surface area (Å²) in [4.78, 5) is 25.7. The lowest BCUT2D eigenvalue weighted by Crippen LogP contribution is -2.39. The molecule has 0 fully saturated rings. The summed E-state index contributed by atoms with van der Waals surface area (Å²) in [5.41, 5.74) is 1.44. The Hall–Kier alpha value is -2.53. The van der Waals surface area contributed by atoms with E-state index in [1.165, 1.54) is 4.90 Å². The molecule has 2 rings (SSSR count). The van der Waals surface area contributed by atoms with Gasteiger partial charge in [-0.1, -0.05) is 35.9 Å². The van der Waals surface area contributed by atoms with E-state index in [4.69, 9.17) is 16.3 Å². The van der Waals surface area contributed by atoms with Gasteiger partial charge < -0.3 is 15.0 Å². The second kappa shape index (κ2) is 9.08. The largest absolute Gasteiger partial charge is 0.492 e. The van der Waals surface area contributed by atoms with Crippen LogP contribution in [0.15, 0.2) is 48.5 Å². The number of halogens is 1. The molecule has 5 nitrogen and oxygen atoms in total. The smallest absolute Gasteiger partial charge is 0.251 e. The molecular formula is C19H21ClN2O3. The number of rotatable bonds is 7. The van der Waals surface area contributed by atoms with E-state index in [1.54, 1.807) is 43.4 Å². The molecule has 2 aromatic carbocycles. The summed E-state index contributed by atoms with van der Waals surface area (Å²) in [5.74, 6) is 0.216. The van der Waals surface area contributed by atoms with Gasteiger partial charge in [-0.25, -0.2) is 0 Å². The van der Waals surface area contributed by atoms with Crippen LogP contribution in [0.1, 0.15) is 15.9 Å². The van der Waals surface area contributed by atoms with Crippen LogP contribution in [0.5, 0.6) is 5.75 Å². The molecule has 0 atom stereocenters. The second-order valence-electron chi connectivity index (χ2n) is 5.62. The number of hydrogen-bond acceptors (Lipinski definition) is 3. The van der Waals surface area contributed by atoms with Crippen LogP contribution in [0, 0.1) is 6.92 Å². The molecule has 0 heterocycles. The van der Waals surface area contributed by atoms with Gasteiger partial charge >= 0.3 is 0 Å². The Labute approximate surface area is 152 Å². The van der Waals surface area contributed by atoms with Crippen molar-refractivity contribution in [3.8, 4) is 5.75 Å². The van der Waals surface area contributed by atoms with Gasteiger partial charge in [0.05, 0.1) is 13.1 Å². The highest BCUT2D eigenvalue weighted by atomic mass is 35.5. The molecule has 2 aromatic rings. The fourth-order valence-corrected chi connectivity index (χ4v) is 2.38. The van der Waals surface area contributed by atoms with Gasteiger partial charge in [0.25, 0.3) is 5.91 Å². The monoisotopic (exact) mass is 360 g/mol. The van der Waals surface area contributed by atoms with Crippen LogP contribution in [0.2, 0.25) is 5.02 Å². The maximum absolute atomic E-state index is 12.1. The molecule has 0 aliphatic heterocycles. The van der Waals surface area contributed by atoms with Gasteiger partial charge in [0.2, 0.25) is 5.91 Å².